The lowest BCUT2D eigenvalue weighted by Gasteiger charge is -2.08. The van der Waals surface area contributed by atoms with Crippen molar-refractivity contribution in [1.82, 2.24) is 4.98 Å². The van der Waals surface area contributed by atoms with Crippen molar-refractivity contribution in [1.29, 1.82) is 0 Å². The summed E-state index contributed by atoms with van der Waals surface area (Å²) in [6, 6.07) is 2.11. The maximum atomic E-state index is 5.28. The molecular formula is C10H11N. The van der Waals surface area contributed by atoms with Crippen LogP contribution in [0.4, 0.5) is 0 Å². The van der Waals surface area contributed by atoms with E-state index in [1.807, 2.05) is 0 Å². The van der Waals surface area contributed by atoms with E-state index in [2.05, 4.69) is 17.0 Å². The fourth-order valence-electron chi connectivity index (χ4n) is 1.68. The van der Waals surface area contributed by atoms with E-state index in [9.17, 15) is 0 Å². The Labute approximate surface area is 66.8 Å². The quantitative estimate of drug-likeness (QED) is 0.536. The van der Waals surface area contributed by atoms with Gasteiger partial charge in [-0.3, -0.25) is 0 Å². The summed E-state index contributed by atoms with van der Waals surface area (Å²) in [7, 11) is 0. The van der Waals surface area contributed by atoms with E-state index in [4.69, 9.17) is 6.42 Å². The molecule has 1 aliphatic carbocycles. The SMILES string of the molecule is C#Cc1cc2c([nH]1)CCCC2. The summed E-state index contributed by atoms with van der Waals surface area (Å²) in [4.78, 5) is 3.25. The Morgan fingerprint density at radius 2 is 2.18 bits per heavy atom. The Bertz CT molecular complexity index is 278. The molecule has 1 heterocycles. The molecule has 0 fully saturated rings. The minimum absolute atomic E-state index is 0.942. The molecule has 0 amide bonds. The van der Waals surface area contributed by atoms with E-state index < -0.39 is 0 Å². The number of H-pyrrole nitrogens is 1. The second-order valence-corrected chi connectivity index (χ2v) is 3.04. The van der Waals surface area contributed by atoms with Gasteiger partial charge >= 0.3 is 0 Å². The summed E-state index contributed by atoms with van der Waals surface area (Å²) < 4.78 is 0. The second-order valence-electron chi connectivity index (χ2n) is 3.04. The van der Waals surface area contributed by atoms with Crippen LogP contribution < -0.4 is 0 Å². The lowest BCUT2D eigenvalue weighted by molar-refractivity contribution is 0.677. The van der Waals surface area contributed by atoms with Crippen molar-refractivity contribution in [3.63, 3.8) is 0 Å². The van der Waals surface area contributed by atoms with Gasteiger partial charge in [-0.05, 0) is 37.3 Å². The highest BCUT2D eigenvalue weighted by molar-refractivity contribution is 5.35. The predicted molar refractivity (Wildman–Crippen MR) is 45.4 cm³/mol. The molecular weight excluding hydrogens is 134 g/mol. The topological polar surface area (TPSA) is 15.8 Å². The van der Waals surface area contributed by atoms with Gasteiger partial charge in [0.05, 0.1) is 5.69 Å². The third-order valence-corrected chi connectivity index (χ3v) is 2.27. The van der Waals surface area contributed by atoms with E-state index in [0.717, 1.165) is 5.69 Å². The number of aryl methyl sites for hydroxylation is 2. The zero-order valence-corrected chi connectivity index (χ0v) is 6.48. The van der Waals surface area contributed by atoms with E-state index in [0.29, 0.717) is 0 Å². The first-order valence-electron chi connectivity index (χ1n) is 4.07. The Hall–Kier alpha value is -1.16. The molecule has 1 aromatic rings. The van der Waals surface area contributed by atoms with Crippen LogP contribution in [-0.4, -0.2) is 4.98 Å². The average molecular weight is 145 g/mol. The number of rotatable bonds is 0. The Morgan fingerprint density at radius 1 is 1.36 bits per heavy atom. The van der Waals surface area contributed by atoms with Crippen LogP contribution in [0.2, 0.25) is 0 Å². The number of hydrogen-bond acceptors (Lipinski definition) is 0. The van der Waals surface area contributed by atoms with Crippen LogP contribution in [0.3, 0.4) is 0 Å². The molecule has 1 aromatic heterocycles. The van der Waals surface area contributed by atoms with Gasteiger partial charge in [0.15, 0.2) is 0 Å². The van der Waals surface area contributed by atoms with Gasteiger partial charge in [-0.2, -0.15) is 0 Å². The van der Waals surface area contributed by atoms with Crippen molar-refractivity contribution in [3.05, 3.63) is 23.0 Å². The maximum absolute atomic E-state index is 5.28. The smallest absolute Gasteiger partial charge is 0.0895 e. The normalized spacial score (nSPS) is 15.5. The molecule has 1 heteroatoms. The molecule has 0 bridgehead atoms. The van der Waals surface area contributed by atoms with Crippen LogP contribution in [0.15, 0.2) is 6.07 Å². The highest BCUT2D eigenvalue weighted by atomic mass is 14.7. The van der Waals surface area contributed by atoms with E-state index in [-0.39, 0.29) is 0 Å². The van der Waals surface area contributed by atoms with Crippen molar-refractivity contribution in [2.24, 2.45) is 0 Å². The van der Waals surface area contributed by atoms with Crippen LogP contribution >= 0.6 is 0 Å². The number of terminal acetylenes is 1. The molecule has 56 valence electrons. The monoisotopic (exact) mass is 145 g/mol. The highest BCUT2D eigenvalue weighted by Gasteiger charge is 2.10. The minimum atomic E-state index is 0.942. The highest BCUT2D eigenvalue weighted by Crippen LogP contribution is 2.20. The standard InChI is InChI=1S/C10H11N/c1-2-9-7-8-5-3-4-6-10(8)11-9/h1,7,11H,3-6H2. The number of aromatic nitrogens is 1. The Kier molecular flexibility index (Phi) is 1.47. The van der Waals surface area contributed by atoms with Crippen molar-refractivity contribution in [2.45, 2.75) is 25.7 Å². The van der Waals surface area contributed by atoms with Gasteiger partial charge in [0.25, 0.3) is 0 Å². The summed E-state index contributed by atoms with van der Waals surface area (Å²) in [6.45, 7) is 0. The summed E-state index contributed by atoms with van der Waals surface area (Å²) in [5.41, 5.74) is 3.74. The van der Waals surface area contributed by atoms with Gasteiger partial charge in [-0.1, -0.05) is 5.92 Å². The molecule has 0 atom stereocenters. The van der Waals surface area contributed by atoms with Crippen LogP contribution in [0.5, 0.6) is 0 Å². The van der Waals surface area contributed by atoms with Crippen molar-refractivity contribution in [2.75, 3.05) is 0 Å². The molecule has 0 aliphatic heterocycles. The first-order chi connectivity index (χ1) is 5.40. The second kappa shape index (κ2) is 2.47. The van der Waals surface area contributed by atoms with Crippen LogP contribution in [-0.2, 0) is 12.8 Å². The molecule has 0 unspecified atom stereocenters. The average Bonchev–Trinajstić information content (AvgIpc) is 2.46. The van der Waals surface area contributed by atoms with Gasteiger partial charge in [0.2, 0.25) is 0 Å². The molecule has 0 aromatic carbocycles. The molecule has 1 aliphatic rings. The molecule has 1 nitrogen and oxygen atoms in total. The molecule has 2 rings (SSSR count). The van der Waals surface area contributed by atoms with Gasteiger partial charge in [0, 0.05) is 5.69 Å². The lowest BCUT2D eigenvalue weighted by atomic mass is 9.98. The maximum Gasteiger partial charge on any atom is 0.0895 e. The van der Waals surface area contributed by atoms with Crippen LogP contribution in [0, 0.1) is 12.3 Å². The Morgan fingerprint density at radius 3 is 2.91 bits per heavy atom. The van der Waals surface area contributed by atoms with Gasteiger partial charge in [0.1, 0.15) is 0 Å². The van der Waals surface area contributed by atoms with Crippen molar-refractivity contribution >= 4 is 0 Å². The van der Waals surface area contributed by atoms with Crippen molar-refractivity contribution in [3.8, 4) is 12.3 Å². The molecule has 0 saturated heterocycles. The summed E-state index contributed by atoms with van der Waals surface area (Å²) in [5.74, 6) is 2.63. The van der Waals surface area contributed by atoms with E-state index in [1.165, 1.54) is 36.9 Å². The summed E-state index contributed by atoms with van der Waals surface area (Å²) >= 11 is 0. The summed E-state index contributed by atoms with van der Waals surface area (Å²) in [5, 5.41) is 0. The third kappa shape index (κ3) is 1.05. The van der Waals surface area contributed by atoms with Gasteiger partial charge in [-0.15, -0.1) is 6.42 Å². The lowest BCUT2D eigenvalue weighted by Crippen LogP contribution is -1.99. The first-order valence-corrected chi connectivity index (χ1v) is 4.07. The fourth-order valence-corrected chi connectivity index (χ4v) is 1.68. The molecule has 1 N–H and O–H groups in total. The molecule has 11 heavy (non-hydrogen) atoms. The fraction of sp³-hybridized carbons (Fsp3) is 0.400. The number of aromatic amines is 1. The number of hydrogen-bond donors (Lipinski definition) is 1. The molecule has 0 saturated carbocycles. The predicted octanol–water partition coefficient (Wildman–Crippen LogP) is 1.87. The van der Waals surface area contributed by atoms with Crippen LogP contribution in [0.1, 0.15) is 29.8 Å². The van der Waals surface area contributed by atoms with E-state index in [1.54, 1.807) is 0 Å². The zero-order valence-electron chi connectivity index (χ0n) is 6.48. The van der Waals surface area contributed by atoms with E-state index >= 15 is 0 Å². The minimum Gasteiger partial charge on any atom is -0.352 e. The molecule has 0 radical (unpaired) electrons. The molecule has 0 spiro atoms. The van der Waals surface area contributed by atoms with Crippen LogP contribution in [0.25, 0.3) is 0 Å². The third-order valence-electron chi connectivity index (χ3n) is 2.27. The van der Waals surface area contributed by atoms with Gasteiger partial charge in [-0.25, -0.2) is 0 Å². The Balaban J connectivity index is 2.42. The largest absolute Gasteiger partial charge is 0.352 e. The number of fused-ring (bicyclic) bond motifs is 1. The zero-order chi connectivity index (χ0) is 7.68. The van der Waals surface area contributed by atoms with Gasteiger partial charge < -0.3 is 4.98 Å². The number of nitrogens with one attached hydrogen (secondary N) is 1. The first kappa shape index (κ1) is 6.54. The van der Waals surface area contributed by atoms with Crippen molar-refractivity contribution < 1.29 is 0 Å². The summed E-state index contributed by atoms with van der Waals surface area (Å²) in [6.07, 6.45) is 10.3.